The first-order valence-corrected chi connectivity index (χ1v) is 16.4. The van der Waals surface area contributed by atoms with E-state index >= 15 is 0 Å². The molecular formula is C45H29N5. The molecule has 0 bridgehead atoms. The van der Waals surface area contributed by atoms with E-state index in [2.05, 4.69) is 66.7 Å². The minimum absolute atomic E-state index is 0.560. The molecule has 0 amide bonds. The molecule has 8 aromatic rings. The summed E-state index contributed by atoms with van der Waals surface area (Å²) in [6.07, 6.45) is 1.87. The number of pyridine rings is 1. The number of aromatic nitrogens is 4. The fraction of sp³-hybridized carbons (Fsp3) is 0. The average molecular weight is 640 g/mol. The summed E-state index contributed by atoms with van der Waals surface area (Å²) < 4.78 is 0. The standard InChI is InChI=1S/C45H29N5/c46-29-31-19-21-34(22-20-31)39-24-26-42(47-30-39)40-25-23-37(33-13-6-2-7-14-33)28-41(40)45-49-43(35-15-8-3-9-16-35)48-44(50-45)38-18-10-17-36(27-38)32-11-4-1-5-12-32/h1-28,30H. The molecule has 0 fully saturated rings. The lowest BCUT2D eigenvalue weighted by Crippen LogP contribution is -2.02. The third-order valence-corrected chi connectivity index (χ3v) is 8.65. The Balaban J connectivity index is 1.30. The highest BCUT2D eigenvalue weighted by molar-refractivity contribution is 5.85. The van der Waals surface area contributed by atoms with E-state index in [9.17, 15) is 5.26 Å². The maximum Gasteiger partial charge on any atom is 0.164 e. The van der Waals surface area contributed by atoms with Crippen LogP contribution in [0.4, 0.5) is 0 Å². The van der Waals surface area contributed by atoms with E-state index in [0.717, 1.165) is 61.3 Å². The van der Waals surface area contributed by atoms with Crippen LogP contribution in [0.2, 0.25) is 0 Å². The van der Waals surface area contributed by atoms with Crippen molar-refractivity contribution >= 4 is 0 Å². The van der Waals surface area contributed by atoms with Crippen LogP contribution in [0.25, 0.3) is 78.8 Å². The van der Waals surface area contributed by atoms with Crippen molar-refractivity contribution in [3.8, 4) is 84.9 Å². The van der Waals surface area contributed by atoms with Crippen LogP contribution in [0.5, 0.6) is 0 Å². The van der Waals surface area contributed by atoms with Gasteiger partial charge >= 0.3 is 0 Å². The first-order valence-electron chi connectivity index (χ1n) is 16.4. The van der Waals surface area contributed by atoms with Crippen molar-refractivity contribution < 1.29 is 0 Å². The Hall–Kier alpha value is -7.03. The van der Waals surface area contributed by atoms with E-state index in [-0.39, 0.29) is 0 Å². The smallest absolute Gasteiger partial charge is 0.164 e. The molecule has 0 aliphatic rings. The minimum atomic E-state index is 0.560. The van der Waals surface area contributed by atoms with Crippen molar-refractivity contribution in [2.75, 3.05) is 0 Å². The van der Waals surface area contributed by atoms with Gasteiger partial charge in [0.05, 0.1) is 17.3 Å². The molecule has 0 aliphatic carbocycles. The third kappa shape index (κ3) is 6.29. The summed E-state index contributed by atoms with van der Waals surface area (Å²) >= 11 is 0. The van der Waals surface area contributed by atoms with Gasteiger partial charge in [0.25, 0.3) is 0 Å². The fourth-order valence-corrected chi connectivity index (χ4v) is 6.03. The summed E-state index contributed by atoms with van der Waals surface area (Å²) in [5, 5.41) is 9.22. The Bertz CT molecular complexity index is 2450. The molecule has 2 heterocycles. The molecule has 0 spiro atoms. The predicted molar refractivity (Wildman–Crippen MR) is 200 cm³/mol. The van der Waals surface area contributed by atoms with Gasteiger partial charge in [0.15, 0.2) is 17.5 Å². The highest BCUT2D eigenvalue weighted by atomic mass is 15.0. The van der Waals surface area contributed by atoms with Crippen LogP contribution in [-0.4, -0.2) is 19.9 Å². The predicted octanol–water partition coefficient (Wildman–Crippen LogP) is 10.8. The zero-order valence-corrected chi connectivity index (χ0v) is 27.0. The Morgan fingerprint density at radius 3 is 1.48 bits per heavy atom. The lowest BCUT2D eigenvalue weighted by Gasteiger charge is -2.14. The number of hydrogen-bond acceptors (Lipinski definition) is 5. The Kier molecular flexibility index (Phi) is 8.25. The molecule has 5 nitrogen and oxygen atoms in total. The van der Waals surface area contributed by atoms with Crippen LogP contribution in [0.1, 0.15) is 5.56 Å². The van der Waals surface area contributed by atoms with Crippen molar-refractivity contribution in [2.45, 2.75) is 0 Å². The van der Waals surface area contributed by atoms with Gasteiger partial charge in [-0.2, -0.15) is 5.26 Å². The van der Waals surface area contributed by atoms with Crippen molar-refractivity contribution in [2.24, 2.45) is 0 Å². The third-order valence-electron chi connectivity index (χ3n) is 8.65. The minimum Gasteiger partial charge on any atom is -0.256 e. The van der Waals surface area contributed by atoms with Gasteiger partial charge in [-0.05, 0) is 58.1 Å². The topological polar surface area (TPSA) is 75.3 Å². The van der Waals surface area contributed by atoms with Crippen molar-refractivity contribution in [1.82, 2.24) is 19.9 Å². The van der Waals surface area contributed by atoms with Gasteiger partial charge < -0.3 is 0 Å². The van der Waals surface area contributed by atoms with Crippen molar-refractivity contribution in [3.05, 3.63) is 182 Å². The normalized spacial score (nSPS) is 10.8. The Morgan fingerprint density at radius 2 is 0.860 bits per heavy atom. The lowest BCUT2D eigenvalue weighted by atomic mass is 9.96. The van der Waals surface area contributed by atoms with Crippen molar-refractivity contribution in [1.29, 1.82) is 5.26 Å². The van der Waals surface area contributed by atoms with E-state index in [1.165, 1.54) is 0 Å². The zero-order valence-electron chi connectivity index (χ0n) is 27.0. The van der Waals surface area contributed by atoms with Gasteiger partial charge in [-0.15, -0.1) is 0 Å². The van der Waals surface area contributed by atoms with Gasteiger partial charge in [0.2, 0.25) is 0 Å². The first-order chi connectivity index (χ1) is 24.7. The molecule has 0 radical (unpaired) electrons. The Morgan fingerprint density at radius 1 is 0.360 bits per heavy atom. The van der Waals surface area contributed by atoms with Crippen LogP contribution in [0.3, 0.4) is 0 Å². The molecule has 0 unspecified atom stereocenters. The maximum absolute atomic E-state index is 9.22. The molecule has 0 atom stereocenters. The van der Waals surface area contributed by atoms with Gasteiger partial charge in [-0.25, -0.2) is 15.0 Å². The maximum atomic E-state index is 9.22. The molecule has 0 saturated carbocycles. The van der Waals surface area contributed by atoms with Gasteiger partial charge in [0, 0.05) is 34.0 Å². The highest BCUT2D eigenvalue weighted by Gasteiger charge is 2.18. The highest BCUT2D eigenvalue weighted by Crippen LogP contribution is 2.36. The second-order valence-electron chi connectivity index (χ2n) is 11.9. The largest absolute Gasteiger partial charge is 0.256 e. The van der Waals surface area contributed by atoms with Crippen LogP contribution in [0, 0.1) is 11.3 Å². The van der Waals surface area contributed by atoms with Gasteiger partial charge in [-0.3, -0.25) is 4.98 Å². The quantitative estimate of drug-likeness (QED) is 0.173. The molecular weight excluding hydrogens is 611 g/mol. The summed E-state index contributed by atoms with van der Waals surface area (Å²) in [6.45, 7) is 0. The van der Waals surface area contributed by atoms with Crippen LogP contribution < -0.4 is 0 Å². The van der Waals surface area contributed by atoms with Gasteiger partial charge in [-0.1, -0.05) is 140 Å². The summed E-state index contributed by atoms with van der Waals surface area (Å²) in [4.78, 5) is 20.2. The summed E-state index contributed by atoms with van der Waals surface area (Å²) in [5.74, 6) is 1.74. The average Bonchev–Trinajstić information content (AvgIpc) is 3.21. The van der Waals surface area contributed by atoms with E-state index < -0.39 is 0 Å². The number of hydrogen-bond donors (Lipinski definition) is 0. The number of nitriles is 1. The summed E-state index contributed by atoms with van der Waals surface area (Å²) in [5.41, 5.74) is 11.3. The van der Waals surface area contributed by atoms with E-state index in [1.807, 2.05) is 115 Å². The SMILES string of the molecule is N#Cc1ccc(-c2ccc(-c3ccc(-c4ccccc4)cc3-c3nc(-c4ccccc4)nc(-c4cccc(-c5ccccc5)c4)n3)nc2)cc1. The Labute approximate surface area is 290 Å². The van der Waals surface area contributed by atoms with Gasteiger partial charge in [0.1, 0.15) is 0 Å². The van der Waals surface area contributed by atoms with Crippen LogP contribution >= 0.6 is 0 Å². The van der Waals surface area contributed by atoms with E-state index in [0.29, 0.717) is 23.0 Å². The molecule has 0 saturated heterocycles. The number of rotatable bonds is 7. The van der Waals surface area contributed by atoms with Crippen LogP contribution in [-0.2, 0) is 0 Å². The zero-order chi connectivity index (χ0) is 33.7. The summed E-state index contributed by atoms with van der Waals surface area (Å²) in [7, 11) is 0. The molecule has 0 N–H and O–H groups in total. The molecule has 0 aliphatic heterocycles. The monoisotopic (exact) mass is 639 g/mol. The van der Waals surface area contributed by atoms with Crippen LogP contribution in [0.15, 0.2) is 176 Å². The summed E-state index contributed by atoms with van der Waals surface area (Å²) in [6, 6.07) is 59.2. The first kappa shape index (κ1) is 30.3. The molecule has 234 valence electrons. The molecule has 50 heavy (non-hydrogen) atoms. The second-order valence-corrected chi connectivity index (χ2v) is 11.9. The molecule has 8 rings (SSSR count). The second kappa shape index (κ2) is 13.6. The molecule has 2 aromatic heterocycles. The van der Waals surface area contributed by atoms with E-state index in [4.69, 9.17) is 19.9 Å². The number of benzene rings is 6. The fourth-order valence-electron chi connectivity index (χ4n) is 6.03. The number of nitrogens with zero attached hydrogens (tertiary/aromatic N) is 5. The van der Waals surface area contributed by atoms with Crippen molar-refractivity contribution in [3.63, 3.8) is 0 Å². The van der Waals surface area contributed by atoms with E-state index in [1.54, 1.807) is 0 Å². The molecule has 6 aromatic carbocycles. The lowest BCUT2D eigenvalue weighted by molar-refractivity contribution is 1.07. The molecule has 5 heteroatoms.